The second kappa shape index (κ2) is 4.05. The van der Waals surface area contributed by atoms with E-state index in [2.05, 4.69) is 0 Å². The standard InChI is InChI=1S/C9H7ClO3/c10-7-3-1-2-6(4-7)5-8(11)9(12)13/h1-4H,5H2,(H,12,13). The molecule has 4 heteroatoms. The molecule has 0 radical (unpaired) electrons. The first-order valence-electron chi connectivity index (χ1n) is 3.60. The van der Waals surface area contributed by atoms with Gasteiger partial charge in [-0.3, -0.25) is 4.79 Å². The van der Waals surface area contributed by atoms with E-state index in [1.807, 2.05) is 0 Å². The number of carboxylic acid groups (broad SMARTS) is 1. The lowest BCUT2D eigenvalue weighted by molar-refractivity contribution is -0.148. The van der Waals surface area contributed by atoms with Gasteiger partial charge in [-0.05, 0) is 17.7 Å². The number of carbonyl (C=O) groups excluding carboxylic acids is 1. The average molecular weight is 199 g/mol. The van der Waals surface area contributed by atoms with Crippen LogP contribution in [0.4, 0.5) is 0 Å². The summed E-state index contributed by atoms with van der Waals surface area (Å²) in [6.45, 7) is 0. The number of rotatable bonds is 3. The molecule has 0 saturated heterocycles. The van der Waals surface area contributed by atoms with Gasteiger partial charge < -0.3 is 5.11 Å². The number of aliphatic carboxylic acids is 1. The second-order valence-electron chi connectivity index (χ2n) is 2.54. The van der Waals surface area contributed by atoms with Gasteiger partial charge in [-0.2, -0.15) is 0 Å². The molecule has 0 aliphatic rings. The molecule has 68 valence electrons. The lowest BCUT2D eigenvalue weighted by Gasteiger charge is -1.97. The molecule has 1 N–H and O–H groups in total. The summed E-state index contributed by atoms with van der Waals surface area (Å²) in [4.78, 5) is 21.0. The quantitative estimate of drug-likeness (QED) is 0.750. The molecule has 0 unspecified atom stereocenters. The van der Waals surface area contributed by atoms with Crippen LogP contribution in [0.2, 0.25) is 5.02 Å². The smallest absolute Gasteiger partial charge is 0.372 e. The van der Waals surface area contributed by atoms with Crippen molar-refractivity contribution in [3.63, 3.8) is 0 Å². The molecule has 0 atom stereocenters. The van der Waals surface area contributed by atoms with Gasteiger partial charge in [0.1, 0.15) is 0 Å². The summed E-state index contributed by atoms with van der Waals surface area (Å²) in [5, 5.41) is 8.83. The van der Waals surface area contributed by atoms with Gasteiger partial charge in [0, 0.05) is 11.4 Å². The number of carbonyl (C=O) groups is 2. The van der Waals surface area contributed by atoms with E-state index < -0.39 is 11.8 Å². The number of hydrogen-bond acceptors (Lipinski definition) is 2. The fourth-order valence-electron chi connectivity index (χ4n) is 0.908. The van der Waals surface area contributed by atoms with E-state index in [0.29, 0.717) is 10.6 Å². The number of carboxylic acids is 1. The molecule has 0 aliphatic carbocycles. The van der Waals surface area contributed by atoms with Crippen molar-refractivity contribution in [1.82, 2.24) is 0 Å². The summed E-state index contributed by atoms with van der Waals surface area (Å²) in [6.07, 6.45) is -0.115. The van der Waals surface area contributed by atoms with Crippen molar-refractivity contribution < 1.29 is 14.7 Å². The molecule has 0 bridgehead atoms. The normalized spacial score (nSPS) is 9.62. The van der Waals surface area contributed by atoms with E-state index in [4.69, 9.17) is 16.7 Å². The first-order chi connectivity index (χ1) is 6.09. The van der Waals surface area contributed by atoms with Crippen LogP contribution in [0.15, 0.2) is 24.3 Å². The molecular formula is C9H7ClO3. The third-order valence-electron chi connectivity index (χ3n) is 1.49. The predicted octanol–water partition coefficient (Wildman–Crippen LogP) is 1.54. The van der Waals surface area contributed by atoms with Crippen LogP contribution in [-0.4, -0.2) is 16.9 Å². The van der Waals surface area contributed by atoms with Crippen molar-refractivity contribution in [3.8, 4) is 0 Å². The van der Waals surface area contributed by atoms with Crippen LogP contribution >= 0.6 is 11.6 Å². The Kier molecular flexibility index (Phi) is 3.03. The van der Waals surface area contributed by atoms with Crippen molar-refractivity contribution in [2.24, 2.45) is 0 Å². The van der Waals surface area contributed by atoms with Crippen LogP contribution in [0.25, 0.3) is 0 Å². The van der Waals surface area contributed by atoms with E-state index in [1.165, 1.54) is 0 Å². The van der Waals surface area contributed by atoms with E-state index in [0.717, 1.165) is 0 Å². The topological polar surface area (TPSA) is 54.4 Å². The summed E-state index contributed by atoms with van der Waals surface area (Å²) in [5.41, 5.74) is 0.611. The third-order valence-corrected chi connectivity index (χ3v) is 1.73. The monoisotopic (exact) mass is 198 g/mol. The summed E-state index contributed by atoms with van der Waals surface area (Å²) in [7, 11) is 0. The Labute approximate surface area is 79.9 Å². The summed E-state index contributed by atoms with van der Waals surface area (Å²) in [5.74, 6) is -2.25. The number of benzene rings is 1. The summed E-state index contributed by atoms with van der Waals surface area (Å²) < 4.78 is 0. The maximum absolute atomic E-state index is 10.8. The highest BCUT2D eigenvalue weighted by Gasteiger charge is 2.11. The molecule has 0 heterocycles. The molecule has 0 fully saturated rings. The van der Waals surface area contributed by atoms with Gasteiger partial charge in [-0.25, -0.2) is 4.79 Å². The zero-order chi connectivity index (χ0) is 9.84. The minimum Gasteiger partial charge on any atom is -0.475 e. The van der Waals surface area contributed by atoms with E-state index >= 15 is 0 Å². The largest absolute Gasteiger partial charge is 0.475 e. The lowest BCUT2D eigenvalue weighted by Crippen LogP contribution is -2.14. The fourth-order valence-corrected chi connectivity index (χ4v) is 1.12. The molecule has 0 amide bonds. The molecule has 0 aromatic heterocycles. The highest BCUT2D eigenvalue weighted by atomic mass is 35.5. The Balaban J connectivity index is 2.75. The Morgan fingerprint density at radius 1 is 1.38 bits per heavy atom. The minimum absolute atomic E-state index is 0.115. The van der Waals surface area contributed by atoms with Gasteiger partial charge in [0.25, 0.3) is 0 Å². The Morgan fingerprint density at radius 3 is 2.62 bits per heavy atom. The van der Waals surface area contributed by atoms with Gasteiger partial charge >= 0.3 is 5.97 Å². The molecule has 3 nitrogen and oxygen atoms in total. The van der Waals surface area contributed by atoms with Gasteiger partial charge in [0.2, 0.25) is 5.78 Å². The summed E-state index contributed by atoms with van der Waals surface area (Å²) in [6, 6.07) is 6.57. The molecule has 1 aromatic rings. The average Bonchev–Trinajstić information content (AvgIpc) is 2.04. The highest BCUT2D eigenvalue weighted by Crippen LogP contribution is 2.11. The molecule has 1 rings (SSSR count). The van der Waals surface area contributed by atoms with Crippen molar-refractivity contribution in [3.05, 3.63) is 34.9 Å². The number of Topliss-reactive ketones (excluding diaryl/α,β-unsaturated/α-hetero) is 1. The molecule has 0 spiro atoms. The van der Waals surface area contributed by atoms with Crippen LogP contribution < -0.4 is 0 Å². The SMILES string of the molecule is O=C(O)C(=O)Cc1cccc(Cl)c1. The Morgan fingerprint density at radius 2 is 2.08 bits per heavy atom. The van der Waals surface area contributed by atoms with Gasteiger partial charge in [0.15, 0.2) is 0 Å². The van der Waals surface area contributed by atoms with Crippen molar-refractivity contribution in [2.75, 3.05) is 0 Å². The molecule has 1 aromatic carbocycles. The minimum atomic E-state index is -1.42. The van der Waals surface area contributed by atoms with Gasteiger partial charge in [-0.1, -0.05) is 23.7 Å². The Hall–Kier alpha value is -1.35. The van der Waals surface area contributed by atoms with Crippen molar-refractivity contribution in [2.45, 2.75) is 6.42 Å². The zero-order valence-corrected chi connectivity index (χ0v) is 7.41. The van der Waals surface area contributed by atoms with E-state index in [-0.39, 0.29) is 6.42 Å². The van der Waals surface area contributed by atoms with E-state index in [9.17, 15) is 9.59 Å². The Bertz CT molecular complexity index is 346. The zero-order valence-electron chi connectivity index (χ0n) is 6.66. The number of ketones is 1. The molecule has 13 heavy (non-hydrogen) atoms. The van der Waals surface area contributed by atoms with Crippen LogP contribution in [0, 0.1) is 0 Å². The molecule has 0 saturated carbocycles. The van der Waals surface area contributed by atoms with Crippen LogP contribution in [0.5, 0.6) is 0 Å². The lowest BCUT2D eigenvalue weighted by atomic mass is 10.1. The van der Waals surface area contributed by atoms with Crippen molar-refractivity contribution in [1.29, 1.82) is 0 Å². The first kappa shape index (κ1) is 9.74. The van der Waals surface area contributed by atoms with Crippen LogP contribution in [-0.2, 0) is 16.0 Å². The molecule has 0 aliphatic heterocycles. The van der Waals surface area contributed by atoms with Crippen molar-refractivity contribution >= 4 is 23.4 Å². The maximum atomic E-state index is 10.8. The first-order valence-corrected chi connectivity index (χ1v) is 3.98. The van der Waals surface area contributed by atoms with Crippen LogP contribution in [0.1, 0.15) is 5.56 Å². The van der Waals surface area contributed by atoms with Gasteiger partial charge in [0.05, 0.1) is 0 Å². The third kappa shape index (κ3) is 2.87. The second-order valence-corrected chi connectivity index (χ2v) is 2.97. The fraction of sp³-hybridized carbons (Fsp3) is 0.111. The maximum Gasteiger partial charge on any atom is 0.372 e. The number of halogens is 1. The number of hydrogen-bond donors (Lipinski definition) is 1. The van der Waals surface area contributed by atoms with Crippen LogP contribution in [0.3, 0.4) is 0 Å². The highest BCUT2D eigenvalue weighted by molar-refractivity contribution is 6.33. The van der Waals surface area contributed by atoms with Gasteiger partial charge in [-0.15, -0.1) is 0 Å². The predicted molar refractivity (Wildman–Crippen MR) is 47.8 cm³/mol. The summed E-state index contributed by atoms with van der Waals surface area (Å²) >= 11 is 5.65. The molecular weight excluding hydrogens is 192 g/mol. The van der Waals surface area contributed by atoms with E-state index in [1.54, 1.807) is 24.3 Å².